The second-order valence-electron chi connectivity index (χ2n) is 7.35. The van der Waals surface area contributed by atoms with Crippen molar-refractivity contribution in [2.24, 2.45) is 5.92 Å². The number of fused-ring (bicyclic) bond motifs is 1. The summed E-state index contributed by atoms with van der Waals surface area (Å²) >= 11 is 0. The molecule has 4 aromatic rings. The van der Waals surface area contributed by atoms with Crippen molar-refractivity contribution in [1.82, 2.24) is 30.4 Å². The highest BCUT2D eigenvalue weighted by Gasteiger charge is 2.33. The van der Waals surface area contributed by atoms with Gasteiger partial charge in [-0.25, -0.2) is 9.97 Å². The predicted molar refractivity (Wildman–Crippen MR) is 106 cm³/mol. The molecule has 5 heterocycles. The summed E-state index contributed by atoms with van der Waals surface area (Å²) in [6.45, 7) is 4.03. The number of nitrogens with one attached hydrogen (secondary N) is 1. The maximum Gasteiger partial charge on any atom is 0.293 e. The fraction of sp³-hybridized carbons (Fsp3) is 0.381. The van der Waals surface area contributed by atoms with E-state index in [4.69, 9.17) is 8.94 Å². The van der Waals surface area contributed by atoms with Crippen LogP contribution < -0.4 is 5.32 Å². The van der Waals surface area contributed by atoms with Crippen LogP contribution in [0.15, 0.2) is 45.9 Å². The Labute approximate surface area is 167 Å². The summed E-state index contributed by atoms with van der Waals surface area (Å²) in [4.78, 5) is 18.1. The van der Waals surface area contributed by atoms with Crippen LogP contribution in [0.1, 0.15) is 42.9 Å². The van der Waals surface area contributed by atoms with Gasteiger partial charge in [-0.1, -0.05) is 12.1 Å². The first-order chi connectivity index (χ1) is 14.3. The van der Waals surface area contributed by atoms with Crippen LogP contribution >= 0.6 is 0 Å². The van der Waals surface area contributed by atoms with E-state index in [0.29, 0.717) is 23.4 Å². The smallest absolute Gasteiger partial charge is 0.293 e. The van der Waals surface area contributed by atoms with Gasteiger partial charge in [0.15, 0.2) is 11.6 Å². The Kier molecular flexibility index (Phi) is 4.77. The number of hydrogen-bond acceptors (Lipinski definition) is 8. The average Bonchev–Trinajstić information content (AvgIpc) is 3.42. The minimum atomic E-state index is -0.105. The van der Waals surface area contributed by atoms with Gasteiger partial charge >= 0.3 is 0 Å². The molecule has 0 aromatic carbocycles. The molecular formula is C21H22N6O2. The van der Waals surface area contributed by atoms with Gasteiger partial charge in [0.05, 0.1) is 5.92 Å². The lowest BCUT2D eigenvalue weighted by Gasteiger charge is -2.27. The van der Waals surface area contributed by atoms with Gasteiger partial charge in [-0.05, 0) is 56.0 Å². The van der Waals surface area contributed by atoms with Gasteiger partial charge in [0.25, 0.3) is 5.89 Å². The third-order valence-corrected chi connectivity index (χ3v) is 5.51. The molecule has 148 valence electrons. The van der Waals surface area contributed by atoms with Crippen LogP contribution in [0.4, 0.5) is 0 Å². The molecule has 1 aliphatic rings. The van der Waals surface area contributed by atoms with E-state index in [1.807, 2.05) is 24.5 Å². The first kappa shape index (κ1) is 17.9. The molecule has 8 heteroatoms. The Bertz CT molecular complexity index is 1060. The minimum Gasteiger partial charge on any atom is -0.451 e. The van der Waals surface area contributed by atoms with Crippen molar-refractivity contribution in [2.45, 2.75) is 32.1 Å². The molecule has 8 nitrogen and oxygen atoms in total. The van der Waals surface area contributed by atoms with Gasteiger partial charge in [0.1, 0.15) is 11.4 Å². The molecule has 1 atom stereocenters. The van der Waals surface area contributed by atoms with Crippen LogP contribution in [-0.2, 0) is 6.42 Å². The van der Waals surface area contributed by atoms with Crippen molar-refractivity contribution in [2.75, 3.05) is 13.1 Å². The summed E-state index contributed by atoms with van der Waals surface area (Å²) in [5.41, 5.74) is 1.85. The second kappa shape index (κ2) is 7.71. The monoisotopic (exact) mass is 390 g/mol. The average molecular weight is 390 g/mol. The fourth-order valence-electron chi connectivity index (χ4n) is 3.87. The van der Waals surface area contributed by atoms with E-state index in [-0.39, 0.29) is 5.92 Å². The largest absolute Gasteiger partial charge is 0.451 e. The Morgan fingerprint density at radius 1 is 1.14 bits per heavy atom. The van der Waals surface area contributed by atoms with Crippen LogP contribution in [0.2, 0.25) is 0 Å². The SMILES string of the molecule is CCc1cnc(C(c2noc(-c3cc4cnccc4o3)n2)C2CCNCC2)nc1. The van der Waals surface area contributed by atoms with Crippen LogP contribution in [-0.4, -0.2) is 38.2 Å². The molecule has 1 N–H and O–H groups in total. The van der Waals surface area contributed by atoms with Gasteiger partial charge in [-0.15, -0.1) is 0 Å². The van der Waals surface area contributed by atoms with E-state index >= 15 is 0 Å². The van der Waals surface area contributed by atoms with E-state index in [1.54, 1.807) is 12.4 Å². The molecule has 0 saturated carbocycles. The summed E-state index contributed by atoms with van der Waals surface area (Å²) in [6, 6.07) is 3.68. The summed E-state index contributed by atoms with van der Waals surface area (Å²) in [6.07, 6.45) is 10.2. The Morgan fingerprint density at radius 3 is 2.72 bits per heavy atom. The minimum absolute atomic E-state index is 0.105. The Balaban J connectivity index is 1.51. The lowest BCUT2D eigenvalue weighted by Crippen LogP contribution is -2.32. The van der Waals surface area contributed by atoms with E-state index in [1.165, 1.54) is 0 Å². The number of aryl methyl sites for hydroxylation is 1. The van der Waals surface area contributed by atoms with Crippen molar-refractivity contribution in [3.8, 4) is 11.7 Å². The molecule has 0 amide bonds. The normalized spacial score (nSPS) is 16.3. The molecule has 0 bridgehead atoms. The number of furan rings is 1. The van der Waals surface area contributed by atoms with Gasteiger partial charge < -0.3 is 14.3 Å². The van der Waals surface area contributed by atoms with Crippen molar-refractivity contribution in [3.05, 3.63) is 54.1 Å². The molecule has 0 spiro atoms. The number of hydrogen-bond donors (Lipinski definition) is 1. The highest BCUT2D eigenvalue weighted by Crippen LogP contribution is 2.35. The molecule has 0 aliphatic carbocycles. The van der Waals surface area contributed by atoms with E-state index in [0.717, 1.165) is 54.7 Å². The first-order valence-corrected chi connectivity index (χ1v) is 10.0. The zero-order valence-electron chi connectivity index (χ0n) is 16.2. The second-order valence-corrected chi connectivity index (χ2v) is 7.35. The molecule has 1 fully saturated rings. The third kappa shape index (κ3) is 3.51. The number of aromatic nitrogens is 5. The zero-order chi connectivity index (χ0) is 19.6. The molecule has 29 heavy (non-hydrogen) atoms. The van der Waals surface area contributed by atoms with Gasteiger partial charge in [0.2, 0.25) is 0 Å². The highest BCUT2D eigenvalue weighted by molar-refractivity contribution is 5.80. The maximum atomic E-state index is 5.85. The van der Waals surface area contributed by atoms with Crippen molar-refractivity contribution in [1.29, 1.82) is 0 Å². The van der Waals surface area contributed by atoms with Gasteiger partial charge in [-0.3, -0.25) is 4.98 Å². The predicted octanol–water partition coefficient (Wildman–Crippen LogP) is 3.36. The molecule has 0 radical (unpaired) electrons. The molecular weight excluding hydrogens is 368 g/mol. The summed E-state index contributed by atoms with van der Waals surface area (Å²) in [7, 11) is 0. The lowest BCUT2D eigenvalue weighted by molar-refractivity contribution is 0.319. The standard InChI is InChI=1S/C21H22N6O2/c1-2-13-10-24-19(25-11-13)18(14-3-6-22-7-4-14)20-26-21(29-27-20)17-9-15-12-23-8-5-16(15)28-17/h5,8-12,14,18,22H,2-4,6-7H2,1H3. The summed E-state index contributed by atoms with van der Waals surface area (Å²) in [5, 5.41) is 8.60. The number of piperidine rings is 1. The van der Waals surface area contributed by atoms with Crippen LogP contribution in [0.25, 0.3) is 22.6 Å². The van der Waals surface area contributed by atoms with Crippen molar-refractivity contribution >= 4 is 11.0 Å². The highest BCUT2D eigenvalue weighted by atomic mass is 16.5. The van der Waals surface area contributed by atoms with E-state index in [2.05, 4.69) is 37.3 Å². The van der Waals surface area contributed by atoms with E-state index in [9.17, 15) is 0 Å². The fourth-order valence-corrected chi connectivity index (χ4v) is 3.87. The Hall–Kier alpha value is -3.13. The van der Waals surface area contributed by atoms with Crippen molar-refractivity contribution in [3.63, 3.8) is 0 Å². The number of rotatable bonds is 5. The van der Waals surface area contributed by atoms with Crippen LogP contribution in [0, 0.1) is 5.92 Å². The van der Waals surface area contributed by atoms with Crippen LogP contribution in [0.3, 0.4) is 0 Å². The Morgan fingerprint density at radius 2 is 1.97 bits per heavy atom. The maximum absolute atomic E-state index is 5.85. The van der Waals surface area contributed by atoms with E-state index < -0.39 is 0 Å². The van der Waals surface area contributed by atoms with Crippen molar-refractivity contribution < 1.29 is 8.94 Å². The lowest BCUT2D eigenvalue weighted by atomic mass is 9.83. The van der Waals surface area contributed by atoms with Crippen LogP contribution in [0.5, 0.6) is 0 Å². The van der Waals surface area contributed by atoms with Gasteiger partial charge in [-0.2, -0.15) is 4.98 Å². The molecule has 5 rings (SSSR count). The molecule has 4 aromatic heterocycles. The molecule has 1 unspecified atom stereocenters. The number of nitrogens with zero attached hydrogens (tertiary/aromatic N) is 5. The zero-order valence-corrected chi connectivity index (χ0v) is 16.2. The first-order valence-electron chi connectivity index (χ1n) is 10.0. The number of pyridine rings is 1. The third-order valence-electron chi connectivity index (χ3n) is 5.51. The molecule has 1 saturated heterocycles. The topological polar surface area (TPSA) is 103 Å². The van der Waals surface area contributed by atoms with Gasteiger partial charge in [0, 0.05) is 30.2 Å². The summed E-state index contributed by atoms with van der Waals surface area (Å²) in [5.74, 6) is 2.50. The summed E-state index contributed by atoms with van der Waals surface area (Å²) < 4.78 is 11.4. The molecule has 1 aliphatic heterocycles. The quantitative estimate of drug-likeness (QED) is 0.553.